The van der Waals surface area contributed by atoms with Gasteiger partial charge in [-0.3, -0.25) is 0 Å². The van der Waals surface area contributed by atoms with Crippen LogP contribution in [0.15, 0.2) is 28.7 Å². The van der Waals surface area contributed by atoms with Crippen molar-refractivity contribution in [3.63, 3.8) is 0 Å². The molecule has 1 unspecified atom stereocenters. The number of nitrogens with one attached hydrogen (secondary N) is 1. The maximum atomic E-state index is 6.12. The van der Waals surface area contributed by atoms with E-state index in [0.29, 0.717) is 12.0 Å². The predicted molar refractivity (Wildman–Crippen MR) is 88.5 cm³/mol. The number of rotatable bonds is 4. The van der Waals surface area contributed by atoms with E-state index in [1.807, 2.05) is 0 Å². The van der Waals surface area contributed by atoms with Gasteiger partial charge >= 0.3 is 0 Å². The zero-order valence-electron chi connectivity index (χ0n) is 13.5. The molecule has 1 aliphatic rings. The van der Waals surface area contributed by atoms with Crippen LogP contribution in [-0.2, 0) is 0 Å². The van der Waals surface area contributed by atoms with Crippen LogP contribution in [0.2, 0.25) is 0 Å². The molecular weight excluding hydrogens is 258 g/mol. The highest BCUT2D eigenvalue weighted by Crippen LogP contribution is 2.39. The molecule has 1 aromatic carbocycles. The number of hydrogen-bond donors (Lipinski definition) is 1. The summed E-state index contributed by atoms with van der Waals surface area (Å²) in [5, 5.41) is 4.73. The normalized spacial score (nSPS) is 24.3. The molecule has 1 aromatic heterocycles. The molecule has 0 bridgehead atoms. The first-order chi connectivity index (χ1) is 10.2. The molecular formula is C19H27NO. The number of furan rings is 1. The van der Waals surface area contributed by atoms with E-state index < -0.39 is 0 Å². The van der Waals surface area contributed by atoms with Gasteiger partial charge < -0.3 is 9.73 Å². The first kappa shape index (κ1) is 14.6. The van der Waals surface area contributed by atoms with Gasteiger partial charge in [-0.25, -0.2) is 0 Å². The Hall–Kier alpha value is -1.28. The Morgan fingerprint density at radius 2 is 1.95 bits per heavy atom. The van der Waals surface area contributed by atoms with Crippen LogP contribution in [-0.4, -0.2) is 7.05 Å². The van der Waals surface area contributed by atoms with Gasteiger partial charge in [-0.15, -0.1) is 0 Å². The number of hydrogen-bond acceptors (Lipinski definition) is 2. The second-order valence-corrected chi connectivity index (χ2v) is 6.65. The van der Waals surface area contributed by atoms with Gasteiger partial charge in [0.15, 0.2) is 0 Å². The monoisotopic (exact) mass is 285 g/mol. The third-order valence-electron chi connectivity index (χ3n) is 5.25. The maximum absolute atomic E-state index is 6.12. The van der Waals surface area contributed by atoms with E-state index in [2.05, 4.69) is 50.5 Å². The Morgan fingerprint density at radius 1 is 1.19 bits per heavy atom. The van der Waals surface area contributed by atoms with Gasteiger partial charge in [0.25, 0.3) is 0 Å². The molecule has 1 N–H and O–H groups in total. The van der Waals surface area contributed by atoms with Crippen molar-refractivity contribution in [3.8, 4) is 0 Å². The van der Waals surface area contributed by atoms with Crippen molar-refractivity contribution in [2.75, 3.05) is 7.05 Å². The van der Waals surface area contributed by atoms with Crippen molar-refractivity contribution in [1.82, 2.24) is 5.32 Å². The summed E-state index contributed by atoms with van der Waals surface area (Å²) in [4.78, 5) is 0. The minimum atomic E-state index is 0.357. The van der Waals surface area contributed by atoms with Crippen molar-refractivity contribution in [1.29, 1.82) is 0 Å². The average Bonchev–Trinajstić information content (AvgIpc) is 2.91. The molecule has 114 valence electrons. The fourth-order valence-corrected chi connectivity index (χ4v) is 3.88. The minimum absolute atomic E-state index is 0.357. The molecule has 1 atom stereocenters. The summed E-state index contributed by atoms with van der Waals surface area (Å²) in [5.41, 5.74) is 2.30. The van der Waals surface area contributed by atoms with Crippen LogP contribution in [0.1, 0.15) is 56.4 Å². The lowest BCUT2D eigenvalue weighted by Gasteiger charge is -2.32. The molecule has 2 heteroatoms. The van der Waals surface area contributed by atoms with Crippen LogP contribution in [0.25, 0.3) is 11.0 Å². The maximum Gasteiger partial charge on any atom is 0.134 e. The highest BCUT2D eigenvalue weighted by Gasteiger charge is 2.29. The molecule has 1 aliphatic carbocycles. The summed E-state index contributed by atoms with van der Waals surface area (Å²) < 4.78 is 6.12. The predicted octanol–water partition coefficient (Wildman–Crippen LogP) is 5.22. The first-order valence-corrected chi connectivity index (χ1v) is 8.38. The molecule has 0 amide bonds. The van der Waals surface area contributed by atoms with Crippen molar-refractivity contribution in [2.45, 2.75) is 52.0 Å². The first-order valence-electron chi connectivity index (χ1n) is 8.38. The van der Waals surface area contributed by atoms with Crippen molar-refractivity contribution in [2.24, 2.45) is 11.8 Å². The van der Waals surface area contributed by atoms with Gasteiger partial charge in [-0.1, -0.05) is 37.8 Å². The Kier molecular flexibility index (Phi) is 4.34. The lowest BCUT2D eigenvalue weighted by molar-refractivity contribution is 0.210. The topological polar surface area (TPSA) is 25.2 Å². The van der Waals surface area contributed by atoms with Crippen molar-refractivity contribution < 1.29 is 4.42 Å². The molecule has 0 radical (unpaired) electrons. The third-order valence-corrected chi connectivity index (χ3v) is 5.25. The smallest absolute Gasteiger partial charge is 0.134 e. The Morgan fingerprint density at radius 3 is 2.62 bits per heavy atom. The lowest BCUT2D eigenvalue weighted by Crippen LogP contribution is -2.28. The molecule has 21 heavy (non-hydrogen) atoms. The molecule has 2 aromatic rings. The van der Waals surface area contributed by atoms with E-state index in [-0.39, 0.29) is 0 Å². The average molecular weight is 285 g/mol. The molecule has 3 rings (SSSR count). The molecule has 0 spiro atoms. The van der Waals surface area contributed by atoms with Crippen molar-refractivity contribution in [3.05, 3.63) is 35.6 Å². The Labute approximate surface area is 127 Å². The van der Waals surface area contributed by atoms with Crippen molar-refractivity contribution >= 4 is 11.0 Å². The zero-order valence-corrected chi connectivity index (χ0v) is 13.5. The van der Waals surface area contributed by atoms with E-state index >= 15 is 0 Å². The lowest BCUT2D eigenvalue weighted by atomic mass is 9.77. The highest BCUT2D eigenvalue weighted by molar-refractivity contribution is 5.78. The quantitative estimate of drug-likeness (QED) is 0.833. The molecule has 1 saturated carbocycles. The van der Waals surface area contributed by atoms with Crippen LogP contribution in [0.3, 0.4) is 0 Å². The van der Waals surface area contributed by atoms with E-state index in [0.717, 1.165) is 17.3 Å². The number of benzene rings is 1. The second-order valence-electron chi connectivity index (χ2n) is 6.65. The Balaban J connectivity index is 1.81. The van der Waals surface area contributed by atoms with E-state index in [1.165, 1.54) is 43.1 Å². The summed E-state index contributed by atoms with van der Waals surface area (Å²) in [5.74, 6) is 2.76. The number of aryl methyl sites for hydroxylation is 1. The van der Waals surface area contributed by atoms with E-state index in [4.69, 9.17) is 4.42 Å². The fourth-order valence-electron chi connectivity index (χ4n) is 3.88. The van der Waals surface area contributed by atoms with Gasteiger partial charge in [0.2, 0.25) is 0 Å². The van der Waals surface area contributed by atoms with Gasteiger partial charge in [-0.05, 0) is 56.8 Å². The van der Waals surface area contributed by atoms with Crippen LogP contribution in [0.5, 0.6) is 0 Å². The summed E-state index contributed by atoms with van der Waals surface area (Å²) in [7, 11) is 2.06. The zero-order chi connectivity index (χ0) is 14.8. The van der Waals surface area contributed by atoms with Crippen LogP contribution in [0.4, 0.5) is 0 Å². The summed E-state index contributed by atoms with van der Waals surface area (Å²) >= 11 is 0. The van der Waals surface area contributed by atoms with Gasteiger partial charge in [0.1, 0.15) is 11.3 Å². The van der Waals surface area contributed by atoms with E-state index in [1.54, 1.807) is 0 Å². The molecule has 2 nitrogen and oxygen atoms in total. The van der Waals surface area contributed by atoms with Gasteiger partial charge in [0, 0.05) is 5.39 Å². The number of fused-ring (bicyclic) bond motifs is 1. The highest BCUT2D eigenvalue weighted by atomic mass is 16.3. The van der Waals surface area contributed by atoms with E-state index in [9.17, 15) is 0 Å². The summed E-state index contributed by atoms with van der Waals surface area (Å²) in [6, 6.07) is 9.01. The van der Waals surface area contributed by atoms with Gasteiger partial charge in [-0.2, -0.15) is 0 Å². The molecule has 1 fully saturated rings. The standard InChI is InChI=1S/C19H27NO/c1-4-14-6-8-15(9-7-14)19(20-3)18-12-16-11-13(2)5-10-17(16)21-18/h5,10-12,14-15,19-20H,4,6-9H2,1-3H3. The SMILES string of the molecule is CCC1CCC(C(NC)c2cc3cc(C)ccc3o2)CC1. The molecule has 0 saturated heterocycles. The molecule has 0 aliphatic heterocycles. The molecule has 1 heterocycles. The van der Waals surface area contributed by atoms with Crippen LogP contribution in [0, 0.1) is 18.8 Å². The summed E-state index contributed by atoms with van der Waals surface area (Å²) in [6.45, 7) is 4.45. The third kappa shape index (κ3) is 3.01. The fraction of sp³-hybridized carbons (Fsp3) is 0.579. The largest absolute Gasteiger partial charge is 0.459 e. The van der Waals surface area contributed by atoms with Crippen LogP contribution >= 0.6 is 0 Å². The Bertz CT molecular complexity index is 593. The summed E-state index contributed by atoms with van der Waals surface area (Å²) in [6.07, 6.45) is 6.72. The minimum Gasteiger partial charge on any atom is -0.459 e. The van der Waals surface area contributed by atoms with Crippen LogP contribution < -0.4 is 5.32 Å². The van der Waals surface area contributed by atoms with Gasteiger partial charge in [0.05, 0.1) is 6.04 Å². The second kappa shape index (κ2) is 6.23.